The van der Waals surface area contributed by atoms with Crippen LogP contribution >= 0.6 is 11.8 Å². The predicted octanol–water partition coefficient (Wildman–Crippen LogP) is 5.89. The Kier molecular flexibility index (Phi) is 6.71. The normalized spacial score (nSPS) is 14.9. The van der Waals surface area contributed by atoms with Crippen molar-refractivity contribution in [2.75, 3.05) is 12.0 Å². The third-order valence-corrected chi connectivity index (χ3v) is 6.10. The molecule has 0 saturated heterocycles. The summed E-state index contributed by atoms with van der Waals surface area (Å²) in [6, 6.07) is 21.5. The predicted molar refractivity (Wildman–Crippen MR) is 132 cm³/mol. The Hall–Kier alpha value is -3.38. The fourth-order valence-electron chi connectivity index (χ4n) is 3.33. The lowest BCUT2D eigenvalue weighted by molar-refractivity contribution is -0.113. The standard InChI is InChI=1S/C26H25N3O2S/c1-18(2)20-12-10-19(11-13-20)15-24-25(30)29(22-8-6-9-23(16-22)31-3)26(28-24)32-17-21-7-4-5-14-27-21/h4-16,18H,17H2,1-3H3/b24-15+. The molecule has 1 aliphatic heterocycles. The Bertz CT molecular complexity index is 1160. The highest BCUT2D eigenvalue weighted by atomic mass is 32.2. The van der Waals surface area contributed by atoms with Gasteiger partial charge in [-0.3, -0.25) is 14.7 Å². The van der Waals surface area contributed by atoms with Crippen molar-refractivity contribution in [3.05, 3.63) is 95.4 Å². The molecule has 5 nitrogen and oxygen atoms in total. The SMILES string of the molecule is COc1cccc(N2C(=O)/C(=C\c3ccc(C(C)C)cc3)N=C2SCc2ccccn2)c1. The minimum atomic E-state index is -0.158. The lowest BCUT2D eigenvalue weighted by Crippen LogP contribution is -2.30. The average Bonchev–Trinajstić information content (AvgIpc) is 3.13. The van der Waals surface area contributed by atoms with Crippen molar-refractivity contribution in [1.29, 1.82) is 0 Å². The number of pyridine rings is 1. The topological polar surface area (TPSA) is 54.8 Å². The fraction of sp³-hybridized carbons (Fsp3) is 0.192. The molecule has 4 rings (SSSR count). The van der Waals surface area contributed by atoms with Gasteiger partial charge in [0.2, 0.25) is 0 Å². The van der Waals surface area contributed by atoms with Gasteiger partial charge >= 0.3 is 0 Å². The van der Waals surface area contributed by atoms with Crippen molar-refractivity contribution in [1.82, 2.24) is 4.98 Å². The van der Waals surface area contributed by atoms with Crippen LogP contribution in [0.3, 0.4) is 0 Å². The summed E-state index contributed by atoms with van der Waals surface area (Å²) in [5.41, 5.74) is 4.27. The van der Waals surface area contributed by atoms with E-state index in [4.69, 9.17) is 9.73 Å². The zero-order valence-corrected chi connectivity index (χ0v) is 19.2. The Balaban J connectivity index is 1.66. The highest BCUT2D eigenvalue weighted by molar-refractivity contribution is 8.13. The molecule has 0 bridgehead atoms. The number of aliphatic imine (C=N–C) groups is 1. The molecule has 0 unspecified atom stereocenters. The zero-order chi connectivity index (χ0) is 22.5. The Labute approximate surface area is 192 Å². The van der Waals surface area contributed by atoms with E-state index in [9.17, 15) is 4.79 Å². The minimum Gasteiger partial charge on any atom is -0.497 e. The summed E-state index contributed by atoms with van der Waals surface area (Å²) in [4.78, 5) is 24.1. The minimum absolute atomic E-state index is 0.158. The summed E-state index contributed by atoms with van der Waals surface area (Å²) in [6.07, 6.45) is 3.61. The number of nitrogens with zero attached hydrogens (tertiary/aromatic N) is 3. The fourth-order valence-corrected chi connectivity index (χ4v) is 4.26. The second kappa shape index (κ2) is 9.83. The molecule has 2 aromatic carbocycles. The van der Waals surface area contributed by atoms with Gasteiger partial charge in [0.1, 0.15) is 11.4 Å². The second-order valence-electron chi connectivity index (χ2n) is 7.70. The molecule has 0 atom stereocenters. The molecule has 0 saturated carbocycles. The van der Waals surface area contributed by atoms with Gasteiger partial charge in [-0.05, 0) is 47.4 Å². The van der Waals surface area contributed by atoms with Crippen LogP contribution < -0.4 is 9.64 Å². The number of rotatable bonds is 6. The molecule has 3 aromatic rings. The average molecular weight is 444 g/mol. The van der Waals surface area contributed by atoms with Gasteiger partial charge in [0.15, 0.2) is 5.17 Å². The van der Waals surface area contributed by atoms with E-state index in [-0.39, 0.29) is 5.91 Å². The summed E-state index contributed by atoms with van der Waals surface area (Å²) in [5, 5.41) is 0.624. The van der Waals surface area contributed by atoms with E-state index in [1.54, 1.807) is 18.2 Å². The third-order valence-electron chi connectivity index (χ3n) is 5.12. The van der Waals surface area contributed by atoms with Crippen LogP contribution in [0.15, 0.2) is 83.6 Å². The van der Waals surface area contributed by atoms with Gasteiger partial charge in [0.05, 0.1) is 18.5 Å². The van der Waals surface area contributed by atoms with Crippen LogP contribution in [0.5, 0.6) is 5.75 Å². The molecule has 0 radical (unpaired) electrons. The maximum atomic E-state index is 13.4. The van der Waals surface area contributed by atoms with Crippen LogP contribution in [-0.4, -0.2) is 23.2 Å². The highest BCUT2D eigenvalue weighted by Gasteiger charge is 2.32. The number of hydrogen-bond donors (Lipinski definition) is 0. The van der Waals surface area contributed by atoms with E-state index in [0.29, 0.717) is 28.3 Å². The first kappa shape index (κ1) is 21.8. The molecule has 0 aliphatic carbocycles. The van der Waals surface area contributed by atoms with Crippen LogP contribution in [-0.2, 0) is 10.5 Å². The molecule has 1 amide bonds. The molecular formula is C26H25N3O2S. The van der Waals surface area contributed by atoms with E-state index in [1.165, 1.54) is 17.3 Å². The van der Waals surface area contributed by atoms with Gasteiger partial charge in [0.25, 0.3) is 5.91 Å². The van der Waals surface area contributed by atoms with Crippen LogP contribution in [0.25, 0.3) is 6.08 Å². The van der Waals surface area contributed by atoms with Crippen molar-refractivity contribution in [3.8, 4) is 5.75 Å². The first-order valence-corrected chi connectivity index (χ1v) is 11.5. The molecule has 6 heteroatoms. The number of aromatic nitrogens is 1. The number of amides is 1. The molecule has 162 valence electrons. The number of carbonyl (C=O) groups excluding carboxylic acids is 1. The summed E-state index contributed by atoms with van der Waals surface area (Å²) in [5.74, 6) is 1.60. The van der Waals surface area contributed by atoms with Crippen LogP contribution in [0.2, 0.25) is 0 Å². The lowest BCUT2D eigenvalue weighted by Gasteiger charge is -2.18. The number of carbonyl (C=O) groups is 1. The summed E-state index contributed by atoms with van der Waals surface area (Å²) in [6.45, 7) is 4.32. The van der Waals surface area contributed by atoms with E-state index < -0.39 is 0 Å². The van der Waals surface area contributed by atoms with Crippen molar-refractivity contribution in [3.63, 3.8) is 0 Å². The smallest absolute Gasteiger partial charge is 0.283 e. The number of methoxy groups -OCH3 is 1. The molecule has 0 fully saturated rings. The highest BCUT2D eigenvalue weighted by Crippen LogP contribution is 2.32. The van der Waals surface area contributed by atoms with Crippen LogP contribution in [0, 0.1) is 0 Å². The number of hydrogen-bond acceptors (Lipinski definition) is 5. The maximum Gasteiger partial charge on any atom is 0.283 e. The Morgan fingerprint density at radius 1 is 1.06 bits per heavy atom. The Morgan fingerprint density at radius 2 is 1.88 bits per heavy atom. The molecule has 2 heterocycles. The number of ether oxygens (including phenoxy) is 1. The molecule has 32 heavy (non-hydrogen) atoms. The first-order valence-electron chi connectivity index (χ1n) is 10.5. The monoisotopic (exact) mass is 443 g/mol. The van der Waals surface area contributed by atoms with Crippen molar-refractivity contribution >= 4 is 34.6 Å². The molecular weight excluding hydrogens is 418 g/mol. The number of amidine groups is 1. The quantitative estimate of drug-likeness (QED) is 0.446. The van der Waals surface area contributed by atoms with Gasteiger partial charge in [-0.2, -0.15) is 0 Å². The third kappa shape index (κ3) is 4.92. The van der Waals surface area contributed by atoms with Gasteiger partial charge in [-0.25, -0.2) is 4.99 Å². The summed E-state index contributed by atoms with van der Waals surface area (Å²) < 4.78 is 5.36. The number of benzene rings is 2. The molecule has 1 aromatic heterocycles. The van der Waals surface area contributed by atoms with E-state index in [0.717, 1.165) is 16.9 Å². The summed E-state index contributed by atoms with van der Waals surface area (Å²) in [7, 11) is 1.61. The second-order valence-corrected chi connectivity index (χ2v) is 8.64. The van der Waals surface area contributed by atoms with E-state index >= 15 is 0 Å². The maximum absolute atomic E-state index is 13.4. The number of thioether (sulfide) groups is 1. The van der Waals surface area contributed by atoms with E-state index in [1.807, 2.05) is 60.7 Å². The molecule has 1 aliphatic rings. The zero-order valence-electron chi connectivity index (χ0n) is 18.4. The largest absolute Gasteiger partial charge is 0.497 e. The Morgan fingerprint density at radius 3 is 2.56 bits per heavy atom. The van der Waals surface area contributed by atoms with Crippen molar-refractivity contribution in [2.45, 2.75) is 25.5 Å². The first-order chi connectivity index (χ1) is 15.5. The van der Waals surface area contributed by atoms with Gasteiger partial charge in [-0.1, -0.05) is 62.0 Å². The summed E-state index contributed by atoms with van der Waals surface area (Å²) >= 11 is 1.49. The van der Waals surface area contributed by atoms with Gasteiger partial charge in [-0.15, -0.1) is 0 Å². The van der Waals surface area contributed by atoms with Crippen LogP contribution in [0.1, 0.15) is 36.6 Å². The van der Waals surface area contributed by atoms with Crippen molar-refractivity contribution < 1.29 is 9.53 Å². The number of anilines is 1. The van der Waals surface area contributed by atoms with Crippen LogP contribution in [0.4, 0.5) is 5.69 Å². The van der Waals surface area contributed by atoms with Gasteiger partial charge < -0.3 is 4.74 Å². The molecule has 0 N–H and O–H groups in total. The van der Waals surface area contributed by atoms with Crippen molar-refractivity contribution in [2.24, 2.45) is 4.99 Å². The molecule has 0 spiro atoms. The van der Waals surface area contributed by atoms with Gasteiger partial charge in [0, 0.05) is 18.0 Å². The lowest BCUT2D eigenvalue weighted by atomic mass is 10.0. The van der Waals surface area contributed by atoms with E-state index in [2.05, 4.69) is 31.0 Å².